The van der Waals surface area contributed by atoms with Crippen molar-refractivity contribution in [3.8, 4) is 23.1 Å². The van der Waals surface area contributed by atoms with E-state index in [1.54, 1.807) is 16.9 Å². The maximum atomic E-state index is 9.28. The Morgan fingerprint density at radius 2 is 2.06 bits per heavy atom. The molecule has 4 aromatic heterocycles. The molecule has 1 fully saturated rings. The Hall–Kier alpha value is -3.93. The number of hydrogen-bond donors (Lipinski definition) is 1. The smallest absolute Gasteiger partial charge is 0.182 e. The van der Waals surface area contributed by atoms with E-state index < -0.39 is 0 Å². The lowest BCUT2D eigenvalue weighted by atomic mass is 9.93. The molecule has 4 aromatic rings. The molecular formula is C24H26N8O. The van der Waals surface area contributed by atoms with Crippen LogP contribution in [-0.4, -0.2) is 42.2 Å². The summed E-state index contributed by atoms with van der Waals surface area (Å²) in [5, 5.41) is 23.0. The summed E-state index contributed by atoms with van der Waals surface area (Å²) in [5.74, 6) is 1.41. The van der Waals surface area contributed by atoms with E-state index in [4.69, 9.17) is 9.84 Å². The summed E-state index contributed by atoms with van der Waals surface area (Å²) in [7, 11) is 1.91. The van der Waals surface area contributed by atoms with Gasteiger partial charge in [-0.1, -0.05) is 0 Å². The Morgan fingerprint density at radius 3 is 2.79 bits per heavy atom. The minimum Gasteiger partial charge on any atom is -0.487 e. The van der Waals surface area contributed by atoms with Gasteiger partial charge in [0.15, 0.2) is 11.4 Å². The highest BCUT2D eigenvalue weighted by atomic mass is 16.5. The molecule has 0 aromatic carbocycles. The number of aromatic nitrogens is 6. The largest absolute Gasteiger partial charge is 0.487 e. The van der Waals surface area contributed by atoms with E-state index in [0.717, 1.165) is 60.2 Å². The third kappa shape index (κ3) is 4.12. The monoisotopic (exact) mass is 442 g/mol. The van der Waals surface area contributed by atoms with Crippen molar-refractivity contribution in [3.63, 3.8) is 0 Å². The molecule has 168 valence electrons. The molecule has 9 nitrogen and oxygen atoms in total. The van der Waals surface area contributed by atoms with Gasteiger partial charge in [-0.2, -0.15) is 15.5 Å². The molecule has 0 unspecified atom stereocenters. The summed E-state index contributed by atoms with van der Waals surface area (Å²) >= 11 is 0. The summed E-state index contributed by atoms with van der Waals surface area (Å²) in [6.45, 7) is 2.87. The molecule has 4 heterocycles. The van der Waals surface area contributed by atoms with Crippen molar-refractivity contribution in [1.82, 2.24) is 29.5 Å². The average molecular weight is 443 g/mol. The number of hydrogen-bond acceptors (Lipinski definition) is 7. The van der Waals surface area contributed by atoms with Crippen molar-refractivity contribution < 1.29 is 4.74 Å². The van der Waals surface area contributed by atoms with Crippen molar-refractivity contribution in [3.05, 3.63) is 48.7 Å². The van der Waals surface area contributed by atoms with Crippen LogP contribution in [0.4, 0.5) is 5.82 Å². The van der Waals surface area contributed by atoms with Crippen LogP contribution in [0.5, 0.6) is 5.75 Å². The van der Waals surface area contributed by atoms with Crippen molar-refractivity contribution in [2.24, 2.45) is 7.05 Å². The highest BCUT2D eigenvalue weighted by molar-refractivity contribution is 5.93. The van der Waals surface area contributed by atoms with Crippen LogP contribution in [0, 0.1) is 11.3 Å². The lowest BCUT2D eigenvalue weighted by Crippen LogP contribution is -2.26. The van der Waals surface area contributed by atoms with Crippen molar-refractivity contribution in [1.29, 1.82) is 5.26 Å². The van der Waals surface area contributed by atoms with Crippen LogP contribution in [0.3, 0.4) is 0 Å². The fourth-order valence-electron chi connectivity index (χ4n) is 4.50. The van der Waals surface area contributed by atoms with E-state index in [0.29, 0.717) is 11.4 Å². The second-order valence-corrected chi connectivity index (χ2v) is 8.32. The van der Waals surface area contributed by atoms with Crippen LogP contribution in [0.25, 0.3) is 22.2 Å². The Kier molecular flexibility index (Phi) is 5.65. The van der Waals surface area contributed by atoms with Crippen molar-refractivity contribution in [2.75, 3.05) is 11.9 Å². The molecule has 0 amide bonds. The summed E-state index contributed by atoms with van der Waals surface area (Å²) in [4.78, 5) is 8.68. The molecule has 5 rings (SSSR count). The Morgan fingerprint density at radius 1 is 1.21 bits per heavy atom. The van der Waals surface area contributed by atoms with Gasteiger partial charge in [0.25, 0.3) is 0 Å². The summed E-state index contributed by atoms with van der Waals surface area (Å²) in [6, 6.07) is 8.07. The molecule has 0 spiro atoms. The van der Waals surface area contributed by atoms with E-state index >= 15 is 0 Å². The molecule has 0 atom stereocenters. The molecule has 0 aliphatic heterocycles. The van der Waals surface area contributed by atoms with Crippen LogP contribution < -0.4 is 10.1 Å². The minimum absolute atomic E-state index is 0.0659. The fourth-order valence-corrected chi connectivity index (χ4v) is 4.50. The van der Waals surface area contributed by atoms with Crippen LogP contribution in [-0.2, 0) is 7.05 Å². The first kappa shape index (κ1) is 20.9. The molecule has 1 N–H and O–H groups in total. The topological polar surface area (TPSA) is 106 Å². The number of nitrogens with one attached hydrogen (secondary N) is 1. The van der Waals surface area contributed by atoms with Crippen LogP contribution in [0.2, 0.25) is 0 Å². The number of nitriles is 1. The predicted molar refractivity (Wildman–Crippen MR) is 125 cm³/mol. The highest BCUT2D eigenvalue weighted by Crippen LogP contribution is 2.36. The number of nitrogens with zero attached hydrogens (tertiary/aromatic N) is 7. The standard InChI is InChI=1S/C24H26N8O/c1-3-26-23-11-21-19(14-28-23)24(16-13-29-31(2)15-16)30-32(21)17-6-8-18(9-7-17)33-22-5-4-10-27-20(22)12-25/h4-5,10-11,13-15,17-18H,3,6-9H2,1-2H3,(H,26,28)/t17-,18+. The summed E-state index contributed by atoms with van der Waals surface area (Å²) in [5.41, 5.74) is 3.29. The Balaban J connectivity index is 1.41. The van der Waals surface area contributed by atoms with Gasteiger partial charge in [0.2, 0.25) is 0 Å². The number of ether oxygens (including phenoxy) is 1. The molecule has 1 saturated carbocycles. The fraction of sp³-hybridized carbons (Fsp3) is 0.375. The first-order valence-corrected chi connectivity index (χ1v) is 11.3. The molecule has 33 heavy (non-hydrogen) atoms. The van der Waals surface area contributed by atoms with Gasteiger partial charge in [0.05, 0.1) is 23.9 Å². The third-order valence-electron chi connectivity index (χ3n) is 6.09. The normalized spacial score (nSPS) is 18.2. The van der Waals surface area contributed by atoms with Gasteiger partial charge in [-0.3, -0.25) is 9.36 Å². The maximum absolute atomic E-state index is 9.28. The second-order valence-electron chi connectivity index (χ2n) is 8.32. The number of rotatable bonds is 6. The lowest BCUT2D eigenvalue weighted by molar-refractivity contribution is 0.130. The first-order chi connectivity index (χ1) is 16.2. The lowest BCUT2D eigenvalue weighted by Gasteiger charge is -2.29. The van der Waals surface area contributed by atoms with Gasteiger partial charge in [-0.05, 0) is 44.7 Å². The van der Waals surface area contributed by atoms with Gasteiger partial charge < -0.3 is 10.1 Å². The quantitative estimate of drug-likeness (QED) is 0.479. The van der Waals surface area contributed by atoms with Crippen molar-refractivity contribution in [2.45, 2.75) is 44.8 Å². The molecule has 9 heteroatoms. The third-order valence-corrected chi connectivity index (χ3v) is 6.09. The molecule has 1 aliphatic carbocycles. The summed E-state index contributed by atoms with van der Waals surface area (Å²) in [6.07, 6.45) is 11.1. The van der Waals surface area contributed by atoms with E-state index in [2.05, 4.69) is 44.1 Å². The predicted octanol–water partition coefficient (Wildman–Crippen LogP) is 4.09. The van der Waals surface area contributed by atoms with Crippen molar-refractivity contribution >= 4 is 16.7 Å². The number of aryl methyl sites for hydroxylation is 1. The SMILES string of the molecule is CCNc1cc2c(cn1)c(-c1cnn(C)c1)nn2[C@H]1CC[C@@H](Oc2cccnc2C#N)CC1. The molecule has 0 radical (unpaired) electrons. The first-order valence-electron chi connectivity index (χ1n) is 11.3. The van der Waals surface area contributed by atoms with E-state index in [-0.39, 0.29) is 12.1 Å². The Labute approximate surface area is 192 Å². The van der Waals surface area contributed by atoms with Crippen LogP contribution >= 0.6 is 0 Å². The van der Waals surface area contributed by atoms with E-state index in [1.165, 1.54) is 0 Å². The number of anilines is 1. The second kappa shape index (κ2) is 8.90. The molecule has 1 aliphatic rings. The maximum Gasteiger partial charge on any atom is 0.182 e. The van der Waals surface area contributed by atoms with Gasteiger partial charge in [0.1, 0.15) is 17.6 Å². The number of pyridine rings is 2. The highest BCUT2D eigenvalue weighted by Gasteiger charge is 2.27. The van der Waals surface area contributed by atoms with Gasteiger partial charge >= 0.3 is 0 Å². The zero-order valence-electron chi connectivity index (χ0n) is 18.8. The zero-order valence-corrected chi connectivity index (χ0v) is 18.8. The molecule has 0 saturated heterocycles. The van der Waals surface area contributed by atoms with Gasteiger partial charge in [0, 0.05) is 49.2 Å². The molecule has 0 bridgehead atoms. The van der Waals surface area contributed by atoms with Crippen LogP contribution in [0.1, 0.15) is 44.3 Å². The summed E-state index contributed by atoms with van der Waals surface area (Å²) < 4.78 is 10.1. The van der Waals surface area contributed by atoms with Crippen LogP contribution in [0.15, 0.2) is 43.0 Å². The van der Waals surface area contributed by atoms with Gasteiger partial charge in [-0.25, -0.2) is 9.97 Å². The van der Waals surface area contributed by atoms with Gasteiger partial charge in [-0.15, -0.1) is 0 Å². The van der Waals surface area contributed by atoms with E-state index in [1.807, 2.05) is 31.7 Å². The average Bonchev–Trinajstić information content (AvgIpc) is 3.43. The molecular weight excluding hydrogens is 416 g/mol. The number of fused-ring (bicyclic) bond motifs is 1. The van der Waals surface area contributed by atoms with E-state index in [9.17, 15) is 5.26 Å². The Bertz CT molecular complexity index is 1310. The minimum atomic E-state index is 0.0659. The zero-order chi connectivity index (χ0) is 22.8.